The molecule has 19 heavy (non-hydrogen) atoms. The van der Waals surface area contributed by atoms with Crippen LogP contribution in [0, 0.1) is 0 Å². The number of para-hydroxylation sites is 1. The van der Waals surface area contributed by atoms with Crippen molar-refractivity contribution >= 4 is 17.3 Å². The number of hydrogen-bond donors (Lipinski definition) is 1. The first-order valence-corrected chi connectivity index (χ1v) is 6.69. The van der Waals surface area contributed by atoms with Gasteiger partial charge in [-0.3, -0.25) is 0 Å². The van der Waals surface area contributed by atoms with Gasteiger partial charge in [-0.1, -0.05) is 48.5 Å². The molecular weight excluding hydrogens is 232 g/mol. The SMILES string of the molecule is CCN1c2ccccc2C=C(c2ccccc2)C1N. The van der Waals surface area contributed by atoms with Crippen LogP contribution in [0.1, 0.15) is 18.1 Å². The molecule has 0 bridgehead atoms. The molecule has 0 amide bonds. The van der Waals surface area contributed by atoms with Crippen molar-refractivity contribution in [1.82, 2.24) is 0 Å². The molecule has 0 aliphatic carbocycles. The van der Waals surface area contributed by atoms with Gasteiger partial charge in [-0.2, -0.15) is 0 Å². The highest BCUT2D eigenvalue weighted by Crippen LogP contribution is 2.34. The molecule has 2 aromatic carbocycles. The van der Waals surface area contributed by atoms with Crippen LogP contribution in [0.3, 0.4) is 0 Å². The zero-order valence-corrected chi connectivity index (χ0v) is 11.1. The average molecular weight is 250 g/mol. The van der Waals surface area contributed by atoms with E-state index < -0.39 is 0 Å². The number of benzene rings is 2. The summed E-state index contributed by atoms with van der Waals surface area (Å²) in [5, 5.41) is 0. The highest BCUT2D eigenvalue weighted by Gasteiger charge is 2.24. The average Bonchev–Trinajstić information content (AvgIpc) is 2.47. The van der Waals surface area contributed by atoms with Gasteiger partial charge in [0.2, 0.25) is 0 Å². The molecule has 2 N–H and O–H groups in total. The van der Waals surface area contributed by atoms with Crippen molar-refractivity contribution in [3.05, 3.63) is 65.7 Å². The summed E-state index contributed by atoms with van der Waals surface area (Å²) in [6.07, 6.45) is 2.13. The summed E-state index contributed by atoms with van der Waals surface area (Å²) >= 11 is 0. The lowest BCUT2D eigenvalue weighted by Gasteiger charge is -2.36. The highest BCUT2D eigenvalue weighted by atomic mass is 15.2. The number of hydrogen-bond acceptors (Lipinski definition) is 2. The van der Waals surface area contributed by atoms with E-state index in [0.29, 0.717) is 0 Å². The minimum absolute atomic E-state index is 0.0812. The largest absolute Gasteiger partial charge is 0.352 e. The van der Waals surface area contributed by atoms with E-state index in [9.17, 15) is 0 Å². The molecule has 1 aliphatic rings. The van der Waals surface area contributed by atoms with E-state index >= 15 is 0 Å². The standard InChI is InChI=1S/C17H18N2/c1-2-19-16-11-7-6-10-14(16)12-15(17(19)18)13-8-4-3-5-9-13/h3-12,17H,2,18H2,1H3. The molecule has 1 atom stereocenters. The lowest BCUT2D eigenvalue weighted by atomic mass is 9.94. The van der Waals surface area contributed by atoms with E-state index in [4.69, 9.17) is 5.73 Å². The molecule has 3 rings (SSSR count). The van der Waals surface area contributed by atoms with Gasteiger partial charge in [-0.05, 0) is 35.8 Å². The summed E-state index contributed by atoms with van der Waals surface area (Å²) in [5.74, 6) is 0. The molecule has 2 heteroatoms. The van der Waals surface area contributed by atoms with Gasteiger partial charge >= 0.3 is 0 Å². The Morgan fingerprint density at radius 2 is 1.68 bits per heavy atom. The minimum atomic E-state index is -0.0812. The Morgan fingerprint density at radius 1 is 1.00 bits per heavy atom. The molecule has 0 fully saturated rings. The number of rotatable bonds is 2. The van der Waals surface area contributed by atoms with E-state index in [1.807, 2.05) is 6.07 Å². The maximum absolute atomic E-state index is 6.44. The Balaban J connectivity index is 2.14. The summed E-state index contributed by atoms with van der Waals surface area (Å²) in [5.41, 5.74) is 11.3. The van der Waals surface area contributed by atoms with Crippen molar-refractivity contribution in [2.75, 3.05) is 11.4 Å². The summed E-state index contributed by atoms with van der Waals surface area (Å²) in [6.45, 7) is 3.05. The smallest absolute Gasteiger partial charge is 0.104 e. The molecular formula is C17H18N2. The Morgan fingerprint density at radius 3 is 2.42 bits per heavy atom. The van der Waals surface area contributed by atoms with Gasteiger partial charge in [0, 0.05) is 12.2 Å². The summed E-state index contributed by atoms with van der Waals surface area (Å²) in [7, 11) is 0. The molecule has 0 radical (unpaired) electrons. The first-order valence-electron chi connectivity index (χ1n) is 6.69. The van der Waals surface area contributed by atoms with Crippen molar-refractivity contribution in [1.29, 1.82) is 0 Å². The Kier molecular flexibility index (Phi) is 3.10. The topological polar surface area (TPSA) is 29.3 Å². The Bertz CT molecular complexity index is 602. The number of nitrogens with zero attached hydrogens (tertiary/aromatic N) is 1. The normalized spacial score (nSPS) is 17.9. The van der Waals surface area contributed by atoms with E-state index in [-0.39, 0.29) is 6.17 Å². The summed E-state index contributed by atoms with van der Waals surface area (Å²) in [6, 6.07) is 18.8. The zero-order chi connectivity index (χ0) is 13.2. The molecule has 2 nitrogen and oxygen atoms in total. The molecule has 1 heterocycles. The summed E-state index contributed by atoms with van der Waals surface area (Å²) < 4.78 is 0. The van der Waals surface area contributed by atoms with Gasteiger partial charge in [-0.15, -0.1) is 0 Å². The quantitative estimate of drug-likeness (QED) is 0.885. The molecule has 0 aromatic heterocycles. The van der Waals surface area contributed by atoms with Crippen LogP contribution in [-0.2, 0) is 0 Å². The van der Waals surface area contributed by atoms with E-state index in [2.05, 4.69) is 66.4 Å². The molecule has 0 saturated heterocycles. The van der Waals surface area contributed by atoms with Crippen LogP contribution in [0.4, 0.5) is 5.69 Å². The third-order valence-electron chi connectivity index (χ3n) is 3.66. The second kappa shape index (κ2) is 4.90. The van der Waals surface area contributed by atoms with Crippen molar-refractivity contribution < 1.29 is 0 Å². The fourth-order valence-electron chi connectivity index (χ4n) is 2.69. The number of fused-ring (bicyclic) bond motifs is 1. The predicted molar refractivity (Wildman–Crippen MR) is 81.8 cm³/mol. The minimum Gasteiger partial charge on any atom is -0.352 e. The number of likely N-dealkylation sites (N-methyl/N-ethyl adjacent to an activating group) is 1. The maximum atomic E-state index is 6.44. The Hall–Kier alpha value is -2.06. The molecule has 0 spiro atoms. The Labute approximate surface area is 114 Å². The van der Waals surface area contributed by atoms with Crippen LogP contribution in [0.25, 0.3) is 11.6 Å². The van der Waals surface area contributed by atoms with Gasteiger partial charge < -0.3 is 10.6 Å². The van der Waals surface area contributed by atoms with Crippen LogP contribution >= 0.6 is 0 Å². The van der Waals surface area contributed by atoms with Crippen LogP contribution in [-0.4, -0.2) is 12.7 Å². The summed E-state index contributed by atoms with van der Waals surface area (Å²) in [4.78, 5) is 2.25. The van der Waals surface area contributed by atoms with Crippen molar-refractivity contribution in [3.63, 3.8) is 0 Å². The second-order valence-electron chi connectivity index (χ2n) is 4.76. The van der Waals surface area contributed by atoms with Crippen LogP contribution in [0.5, 0.6) is 0 Å². The van der Waals surface area contributed by atoms with Gasteiger partial charge in [0.25, 0.3) is 0 Å². The van der Waals surface area contributed by atoms with E-state index in [1.165, 1.54) is 22.4 Å². The van der Waals surface area contributed by atoms with Crippen molar-refractivity contribution in [3.8, 4) is 0 Å². The van der Waals surface area contributed by atoms with Crippen LogP contribution in [0.15, 0.2) is 54.6 Å². The highest BCUT2D eigenvalue weighted by molar-refractivity contribution is 5.92. The molecule has 1 aliphatic heterocycles. The molecule has 1 unspecified atom stereocenters. The third-order valence-corrected chi connectivity index (χ3v) is 3.66. The van der Waals surface area contributed by atoms with Gasteiger partial charge in [0.05, 0.1) is 0 Å². The lowest BCUT2D eigenvalue weighted by molar-refractivity contribution is 0.740. The molecule has 2 aromatic rings. The van der Waals surface area contributed by atoms with Crippen LogP contribution < -0.4 is 10.6 Å². The fourth-order valence-corrected chi connectivity index (χ4v) is 2.69. The van der Waals surface area contributed by atoms with Crippen LogP contribution in [0.2, 0.25) is 0 Å². The van der Waals surface area contributed by atoms with Gasteiger partial charge in [-0.25, -0.2) is 0 Å². The fraction of sp³-hybridized carbons (Fsp3) is 0.176. The molecule has 96 valence electrons. The molecule has 0 saturated carbocycles. The second-order valence-corrected chi connectivity index (χ2v) is 4.76. The number of anilines is 1. The third kappa shape index (κ3) is 2.04. The zero-order valence-electron chi connectivity index (χ0n) is 11.1. The van der Waals surface area contributed by atoms with Crippen molar-refractivity contribution in [2.24, 2.45) is 5.73 Å². The van der Waals surface area contributed by atoms with E-state index in [0.717, 1.165) is 6.54 Å². The van der Waals surface area contributed by atoms with Gasteiger partial charge in [0.15, 0.2) is 0 Å². The van der Waals surface area contributed by atoms with Crippen molar-refractivity contribution in [2.45, 2.75) is 13.1 Å². The first kappa shape index (κ1) is 12.0. The first-order chi connectivity index (χ1) is 9.31. The maximum Gasteiger partial charge on any atom is 0.104 e. The van der Waals surface area contributed by atoms with Gasteiger partial charge in [0.1, 0.15) is 6.17 Å². The number of nitrogens with two attached hydrogens (primary N) is 1. The monoisotopic (exact) mass is 250 g/mol. The lowest BCUT2D eigenvalue weighted by Crippen LogP contribution is -2.44. The predicted octanol–water partition coefficient (Wildman–Crippen LogP) is 3.35. The van der Waals surface area contributed by atoms with E-state index in [1.54, 1.807) is 0 Å².